The quantitative estimate of drug-likeness (QED) is 0.615. The fourth-order valence-corrected chi connectivity index (χ4v) is 1.37. The van der Waals surface area contributed by atoms with Gasteiger partial charge in [0.15, 0.2) is 0 Å². The highest BCUT2D eigenvalue weighted by Gasteiger charge is 2.19. The van der Waals surface area contributed by atoms with Gasteiger partial charge in [0, 0.05) is 12.6 Å². The number of nitrogens with zero attached hydrogens (tertiary/aromatic N) is 1. The highest BCUT2D eigenvalue weighted by Crippen LogP contribution is 2.24. The standard InChI is InChI=1S/C12H16N2O5/c1-12(2,16)7-13-11(15)9-5-4-8(14(17)18)6-10(9)19-3/h4-6,16H,7H2,1-3H3,(H,13,15). The Hall–Kier alpha value is -2.15. The molecule has 0 saturated heterocycles. The zero-order chi connectivity index (χ0) is 14.6. The van der Waals surface area contributed by atoms with Gasteiger partial charge in [-0.3, -0.25) is 14.9 Å². The van der Waals surface area contributed by atoms with Gasteiger partial charge in [0.1, 0.15) is 5.75 Å². The minimum Gasteiger partial charge on any atom is -0.496 e. The largest absolute Gasteiger partial charge is 0.496 e. The second-order valence-corrected chi connectivity index (χ2v) is 4.64. The van der Waals surface area contributed by atoms with Crippen LogP contribution in [0.4, 0.5) is 5.69 Å². The van der Waals surface area contributed by atoms with E-state index >= 15 is 0 Å². The Balaban J connectivity index is 2.94. The maximum Gasteiger partial charge on any atom is 0.273 e. The normalized spacial score (nSPS) is 10.9. The van der Waals surface area contributed by atoms with Crippen LogP contribution >= 0.6 is 0 Å². The molecule has 1 aromatic carbocycles. The van der Waals surface area contributed by atoms with E-state index in [4.69, 9.17) is 4.74 Å². The number of nitro benzene ring substituents is 1. The summed E-state index contributed by atoms with van der Waals surface area (Å²) >= 11 is 0. The zero-order valence-corrected chi connectivity index (χ0v) is 11.0. The number of methoxy groups -OCH3 is 1. The van der Waals surface area contributed by atoms with Crippen LogP contribution in [0, 0.1) is 10.1 Å². The molecule has 104 valence electrons. The number of non-ortho nitro benzene ring substituents is 1. The molecule has 0 heterocycles. The smallest absolute Gasteiger partial charge is 0.273 e. The summed E-state index contributed by atoms with van der Waals surface area (Å²) in [6.45, 7) is 3.17. The summed E-state index contributed by atoms with van der Waals surface area (Å²) in [6.07, 6.45) is 0. The highest BCUT2D eigenvalue weighted by molar-refractivity contribution is 5.97. The van der Waals surface area contributed by atoms with E-state index in [1.807, 2.05) is 0 Å². The van der Waals surface area contributed by atoms with Gasteiger partial charge in [0.25, 0.3) is 11.6 Å². The molecular weight excluding hydrogens is 252 g/mol. The van der Waals surface area contributed by atoms with Crippen LogP contribution in [0.25, 0.3) is 0 Å². The molecule has 1 amide bonds. The summed E-state index contributed by atoms with van der Waals surface area (Å²) < 4.78 is 4.96. The van der Waals surface area contributed by atoms with Gasteiger partial charge in [-0.05, 0) is 19.9 Å². The number of aliphatic hydroxyl groups is 1. The van der Waals surface area contributed by atoms with Crippen LogP contribution in [0.3, 0.4) is 0 Å². The van der Waals surface area contributed by atoms with E-state index in [0.29, 0.717) is 0 Å². The summed E-state index contributed by atoms with van der Waals surface area (Å²) in [6, 6.07) is 3.72. The van der Waals surface area contributed by atoms with Crippen molar-refractivity contribution in [1.82, 2.24) is 5.32 Å². The topological polar surface area (TPSA) is 102 Å². The van der Waals surface area contributed by atoms with Crippen LogP contribution in [0.5, 0.6) is 5.75 Å². The zero-order valence-electron chi connectivity index (χ0n) is 11.0. The molecule has 0 fully saturated rings. The van der Waals surface area contributed by atoms with E-state index < -0.39 is 16.4 Å². The van der Waals surface area contributed by atoms with Crippen LogP contribution in [0.1, 0.15) is 24.2 Å². The Morgan fingerprint density at radius 1 is 1.53 bits per heavy atom. The molecule has 1 rings (SSSR count). The van der Waals surface area contributed by atoms with E-state index in [1.165, 1.54) is 25.3 Å². The third kappa shape index (κ3) is 4.22. The predicted octanol–water partition coefficient (Wildman–Crippen LogP) is 1.10. The van der Waals surface area contributed by atoms with Gasteiger partial charge in [-0.25, -0.2) is 0 Å². The van der Waals surface area contributed by atoms with Crippen molar-refractivity contribution in [2.75, 3.05) is 13.7 Å². The molecule has 0 aliphatic rings. The Bertz CT molecular complexity index is 493. The van der Waals surface area contributed by atoms with Crippen molar-refractivity contribution >= 4 is 11.6 Å². The summed E-state index contributed by atoms with van der Waals surface area (Å²) in [5.41, 5.74) is -1.02. The van der Waals surface area contributed by atoms with Gasteiger partial charge < -0.3 is 15.2 Å². The van der Waals surface area contributed by atoms with E-state index in [0.717, 1.165) is 0 Å². The lowest BCUT2D eigenvalue weighted by Crippen LogP contribution is -2.38. The van der Waals surface area contributed by atoms with Crippen LogP contribution in [-0.2, 0) is 0 Å². The SMILES string of the molecule is COc1cc([N+](=O)[O-])ccc1C(=O)NCC(C)(C)O. The van der Waals surface area contributed by atoms with E-state index in [1.54, 1.807) is 13.8 Å². The average Bonchev–Trinajstić information content (AvgIpc) is 2.34. The Labute approximate surface area is 110 Å². The number of benzene rings is 1. The maximum absolute atomic E-state index is 11.9. The molecule has 19 heavy (non-hydrogen) atoms. The van der Waals surface area contributed by atoms with Crippen molar-refractivity contribution in [2.45, 2.75) is 19.4 Å². The molecule has 0 spiro atoms. The maximum atomic E-state index is 11.9. The number of nitro groups is 1. The second-order valence-electron chi connectivity index (χ2n) is 4.64. The minimum atomic E-state index is -1.04. The molecular formula is C12H16N2O5. The molecule has 7 nitrogen and oxygen atoms in total. The summed E-state index contributed by atoms with van der Waals surface area (Å²) in [5.74, 6) is -0.351. The molecule has 0 bridgehead atoms. The van der Waals surface area contributed by atoms with Gasteiger partial charge in [-0.2, -0.15) is 0 Å². The highest BCUT2D eigenvalue weighted by atomic mass is 16.6. The molecule has 0 saturated carbocycles. The van der Waals surface area contributed by atoms with Crippen LogP contribution < -0.4 is 10.1 Å². The monoisotopic (exact) mass is 268 g/mol. The second kappa shape index (κ2) is 5.66. The average molecular weight is 268 g/mol. The van der Waals surface area contributed by atoms with Gasteiger partial charge in [-0.15, -0.1) is 0 Å². The van der Waals surface area contributed by atoms with Crippen molar-refractivity contribution in [1.29, 1.82) is 0 Å². The Morgan fingerprint density at radius 3 is 2.63 bits per heavy atom. The summed E-state index contributed by atoms with van der Waals surface area (Å²) in [7, 11) is 1.33. The van der Waals surface area contributed by atoms with Gasteiger partial charge in [0.05, 0.1) is 29.3 Å². The lowest BCUT2D eigenvalue weighted by Gasteiger charge is -2.18. The van der Waals surface area contributed by atoms with Gasteiger partial charge in [-0.1, -0.05) is 0 Å². The minimum absolute atomic E-state index is 0.0615. The molecule has 0 atom stereocenters. The fraction of sp³-hybridized carbons (Fsp3) is 0.417. The Morgan fingerprint density at radius 2 is 2.16 bits per heavy atom. The molecule has 2 N–H and O–H groups in total. The molecule has 0 aliphatic carbocycles. The van der Waals surface area contributed by atoms with E-state index in [9.17, 15) is 20.0 Å². The van der Waals surface area contributed by atoms with Crippen molar-refractivity contribution in [3.8, 4) is 5.75 Å². The predicted molar refractivity (Wildman–Crippen MR) is 68.3 cm³/mol. The van der Waals surface area contributed by atoms with Crippen molar-refractivity contribution in [3.63, 3.8) is 0 Å². The molecule has 0 radical (unpaired) electrons. The number of ether oxygens (including phenoxy) is 1. The molecule has 0 aliphatic heterocycles. The van der Waals surface area contributed by atoms with Gasteiger partial charge >= 0.3 is 0 Å². The number of amides is 1. The summed E-state index contributed by atoms with van der Waals surface area (Å²) in [4.78, 5) is 21.9. The fourth-order valence-electron chi connectivity index (χ4n) is 1.37. The van der Waals surface area contributed by atoms with Crippen LogP contribution in [0.15, 0.2) is 18.2 Å². The molecule has 1 aromatic rings. The molecule has 7 heteroatoms. The van der Waals surface area contributed by atoms with E-state index in [2.05, 4.69) is 5.32 Å². The number of carbonyl (C=O) groups excluding carboxylic acids is 1. The van der Waals surface area contributed by atoms with Crippen LogP contribution in [-0.4, -0.2) is 35.2 Å². The lowest BCUT2D eigenvalue weighted by molar-refractivity contribution is -0.384. The third-order valence-corrected chi connectivity index (χ3v) is 2.32. The first-order valence-corrected chi connectivity index (χ1v) is 5.57. The number of hydrogen-bond acceptors (Lipinski definition) is 5. The summed E-state index contributed by atoms with van der Waals surface area (Å²) in [5, 5.41) is 22.7. The third-order valence-electron chi connectivity index (χ3n) is 2.32. The van der Waals surface area contributed by atoms with Crippen molar-refractivity contribution in [3.05, 3.63) is 33.9 Å². The van der Waals surface area contributed by atoms with Crippen LogP contribution in [0.2, 0.25) is 0 Å². The number of hydrogen-bond donors (Lipinski definition) is 2. The number of rotatable bonds is 5. The van der Waals surface area contributed by atoms with E-state index in [-0.39, 0.29) is 23.5 Å². The lowest BCUT2D eigenvalue weighted by atomic mass is 10.1. The first-order chi connectivity index (χ1) is 8.74. The molecule has 0 unspecified atom stereocenters. The number of nitrogens with one attached hydrogen (secondary N) is 1. The molecule has 0 aromatic heterocycles. The Kier molecular flexibility index (Phi) is 4.44. The van der Waals surface area contributed by atoms with Gasteiger partial charge in [0.2, 0.25) is 0 Å². The first kappa shape index (κ1) is 14.9. The van der Waals surface area contributed by atoms with Crippen molar-refractivity contribution < 1.29 is 19.6 Å². The number of carbonyl (C=O) groups is 1. The van der Waals surface area contributed by atoms with Crippen molar-refractivity contribution in [2.24, 2.45) is 0 Å². The first-order valence-electron chi connectivity index (χ1n) is 5.57.